The Labute approximate surface area is 157 Å². The largest absolute Gasteiger partial charge is 0.481 e. The minimum atomic E-state index is -0.833. The molecule has 1 unspecified atom stereocenters. The van der Waals surface area contributed by atoms with E-state index in [0.717, 1.165) is 70.4 Å². The number of rotatable bonds is 8. The first-order chi connectivity index (χ1) is 12.5. The van der Waals surface area contributed by atoms with Crippen molar-refractivity contribution < 1.29 is 20.1 Å². The van der Waals surface area contributed by atoms with Crippen molar-refractivity contribution in [1.82, 2.24) is 0 Å². The number of carboxylic acid groups (broad SMARTS) is 1. The van der Waals surface area contributed by atoms with E-state index in [9.17, 15) is 5.11 Å². The van der Waals surface area contributed by atoms with Crippen LogP contribution in [0.15, 0.2) is 24.3 Å². The number of carbonyl (C=O) groups is 1. The van der Waals surface area contributed by atoms with Crippen LogP contribution in [0.1, 0.15) is 69.1 Å². The Balaban J connectivity index is 0.000000765. The number of unbranched alkanes of at least 4 members (excludes halogenated alkanes) is 2. The number of aryl methyl sites for hydroxylation is 1. The summed E-state index contributed by atoms with van der Waals surface area (Å²) in [5.74, 6) is 0.211. The van der Waals surface area contributed by atoms with Crippen molar-refractivity contribution in [2.75, 3.05) is 13.2 Å². The van der Waals surface area contributed by atoms with Crippen LogP contribution in [0.5, 0.6) is 0 Å². The van der Waals surface area contributed by atoms with Crippen molar-refractivity contribution in [2.24, 2.45) is 17.6 Å². The lowest BCUT2D eigenvalue weighted by Gasteiger charge is -2.31. The molecular weight excluding hydrogens is 330 g/mol. The van der Waals surface area contributed by atoms with Crippen LogP contribution in [0, 0.1) is 11.8 Å². The third-order valence-corrected chi connectivity index (χ3v) is 5.12. The molecule has 0 aliphatic heterocycles. The molecule has 0 amide bonds. The maximum Gasteiger partial charge on any atom is 0.300 e. The fraction of sp³-hybridized carbons (Fsp3) is 0.667. The smallest absolute Gasteiger partial charge is 0.300 e. The molecule has 5 N–H and O–H groups in total. The highest BCUT2D eigenvalue weighted by atomic mass is 16.4. The molecule has 1 aromatic carbocycles. The molecule has 5 heteroatoms. The first kappa shape index (κ1) is 22.6. The van der Waals surface area contributed by atoms with E-state index in [1.807, 2.05) is 0 Å². The average molecular weight is 366 g/mol. The molecule has 1 atom stereocenters. The zero-order valence-corrected chi connectivity index (χ0v) is 15.9. The van der Waals surface area contributed by atoms with Crippen LogP contribution in [0.4, 0.5) is 0 Å². The van der Waals surface area contributed by atoms with E-state index < -0.39 is 5.97 Å². The van der Waals surface area contributed by atoms with Crippen molar-refractivity contribution in [2.45, 2.75) is 64.4 Å². The Morgan fingerprint density at radius 1 is 1.12 bits per heavy atom. The van der Waals surface area contributed by atoms with E-state index in [1.165, 1.54) is 5.56 Å². The third kappa shape index (κ3) is 8.79. The molecule has 0 bridgehead atoms. The minimum absolute atomic E-state index is 0.289. The predicted molar refractivity (Wildman–Crippen MR) is 104 cm³/mol. The molecule has 148 valence electrons. The monoisotopic (exact) mass is 365 g/mol. The summed E-state index contributed by atoms with van der Waals surface area (Å²) in [6, 6.07) is 8.45. The number of aliphatic hydroxyl groups excluding tert-OH is 2. The maximum absolute atomic E-state index is 10.6. The quantitative estimate of drug-likeness (QED) is 0.529. The third-order valence-electron chi connectivity index (χ3n) is 5.12. The van der Waals surface area contributed by atoms with Crippen LogP contribution in [0.2, 0.25) is 0 Å². The highest BCUT2D eigenvalue weighted by molar-refractivity contribution is 5.62. The number of benzene rings is 1. The predicted octanol–water partition coefficient (Wildman–Crippen LogP) is 3.28. The number of aliphatic carboxylic acids is 1. The summed E-state index contributed by atoms with van der Waals surface area (Å²) in [7, 11) is 0. The molecule has 1 aromatic rings. The molecule has 0 saturated heterocycles. The second-order valence-corrected chi connectivity index (χ2v) is 7.26. The molecule has 0 spiro atoms. The molecular formula is C21H35NO4. The van der Waals surface area contributed by atoms with Crippen LogP contribution in [-0.2, 0) is 11.2 Å². The molecule has 2 rings (SSSR count). The molecule has 1 fully saturated rings. The summed E-state index contributed by atoms with van der Waals surface area (Å²) in [5.41, 5.74) is 8.11. The van der Waals surface area contributed by atoms with Crippen molar-refractivity contribution >= 4 is 5.97 Å². The van der Waals surface area contributed by atoms with E-state index in [2.05, 4.69) is 24.3 Å². The van der Waals surface area contributed by atoms with Crippen molar-refractivity contribution in [1.29, 1.82) is 0 Å². The van der Waals surface area contributed by atoms with Crippen LogP contribution >= 0.6 is 0 Å². The van der Waals surface area contributed by atoms with E-state index in [-0.39, 0.29) is 12.7 Å². The van der Waals surface area contributed by atoms with Gasteiger partial charge in [0.15, 0.2) is 0 Å². The van der Waals surface area contributed by atoms with Crippen LogP contribution in [-0.4, -0.2) is 34.4 Å². The van der Waals surface area contributed by atoms with Gasteiger partial charge in [0.2, 0.25) is 0 Å². The highest BCUT2D eigenvalue weighted by Crippen LogP contribution is 2.36. The average Bonchev–Trinajstić information content (AvgIpc) is 2.65. The van der Waals surface area contributed by atoms with Gasteiger partial charge in [0.1, 0.15) is 0 Å². The van der Waals surface area contributed by atoms with Gasteiger partial charge in [0.05, 0.1) is 6.10 Å². The summed E-state index contributed by atoms with van der Waals surface area (Å²) in [6.45, 7) is 2.16. The molecule has 5 nitrogen and oxygen atoms in total. The first-order valence-electron chi connectivity index (χ1n) is 9.75. The molecule has 1 aliphatic carbocycles. The van der Waals surface area contributed by atoms with Gasteiger partial charge in [-0.15, -0.1) is 0 Å². The molecule has 0 aromatic heterocycles. The van der Waals surface area contributed by atoms with Gasteiger partial charge in [0, 0.05) is 13.5 Å². The molecule has 1 aliphatic rings. The Kier molecular flexibility index (Phi) is 11.2. The number of nitrogens with two attached hydrogens (primary N) is 1. The Morgan fingerprint density at radius 2 is 1.69 bits per heavy atom. The van der Waals surface area contributed by atoms with Gasteiger partial charge in [-0.05, 0) is 74.5 Å². The SMILES string of the molecule is CC(=O)O.NCC1CCC(C(O)c2ccc(CCCCCO)cc2)CC1. The lowest BCUT2D eigenvalue weighted by Crippen LogP contribution is -2.24. The zero-order valence-electron chi connectivity index (χ0n) is 15.9. The summed E-state index contributed by atoms with van der Waals surface area (Å²) in [4.78, 5) is 9.00. The first-order valence-corrected chi connectivity index (χ1v) is 9.75. The zero-order chi connectivity index (χ0) is 19.4. The summed E-state index contributed by atoms with van der Waals surface area (Å²) in [6.07, 6.45) is 8.29. The van der Waals surface area contributed by atoms with Gasteiger partial charge in [-0.25, -0.2) is 0 Å². The Morgan fingerprint density at radius 3 is 2.19 bits per heavy atom. The lowest BCUT2D eigenvalue weighted by molar-refractivity contribution is -0.134. The lowest BCUT2D eigenvalue weighted by atomic mass is 9.78. The Bertz CT molecular complexity index is 491. The number of hydrogen-bond donors (Lipinski definition) is 4. The standard InChI is InChI=1S/C19H31NO2.C2H4O2/c20-14-16-7-11-18(12-8-16)19(22)17-9-5-15(6-10-17)4-2-1-3-13-21;1-2(3)4/h5-6,9-10,16,18-19,21-22H,1-4,7-8,11-14,20H2;1H3,(H,3,4). The Hall–Kier alpha value is -1.43. The highest BCUT2D eigenvalue weighted by Gasteiger charge is 2.26. The van der Waals surface area contributed by atoms with E-state index >= 15 is 0 Å². The van der Waals surface area contributed by atoms with Crippen LogP contribution in [0.3, 0.4) is 0 Å². The summed E-state index contributed by atoms with van der Waals surface area (Å²) >= 11 is 0. The van der Waals surface area contributed by atoms with Crippen molar-refractivity contribution in [3.63, 3.8) is 0 Å². The molecule has 0 radical (unpaired) electrons. The number of aliphatic hydroxyl groups is 2. The van der Waals surface area contributed by atoms with Gasteiger partial charge < -0.3 is 21.1 Å². The number of carboxylic acids is 1. The molecule has 0 heterocycles. The molecule has 1 saturated carbocycles. The second-order valence-electron chi connectivity index (χ2n) is 7.26. The maximum atomic E-state index is 10.6. The normalized spacial score (nSPS) is 20.8. The van der Waals surface area contributed by atoms with E-state index in [1.54, 1.807) is 0 Å². The van der Waals surface area contributed by atoms with Crippen LogP contribution in [0.25, 0.3) is 0 Å². The van der Waals surface area contributed by atoms with Crippen molar-refractivity contribution in [3.8, 4) is 0 Å². The summed E-state index contributed by atoms with van der Waals surface area (Å²) < 4.78 is 0. The van der Waals surface area contributed by atoms with Crippen molar-refractivity contribution in [3.05, 3.63) is 35.4 Å². The number of hydrogen-bond acceptors (Lipinski definition) is 4. The van der Waals surface area contributed by atoms with Gasteiger partial charge in [-0.1, -0.05) is 30.7 Å². The fourth-order valence-electron chi connectivity index (χ4n) is 3.51. The van der Waals surface area contributed by atoms with E-state index in [4.69, 9.17) is 20.7 Å². The fourth-order valence-corrected chi connectivity index (χ4v) is 3.51. The minimum Gasteiger partial charge on any atom is -0.481 e. The molecule has 26 heavy (non-hydrogen) atoms. The van der Waals surface area contributed by atoms with Gasteiger partial charge >= 0.3 is 0 Å². The topological polar surface area (TPSA) is 104 Å². The van der Waals surface area contributed by atoms with E-state index in [0.29, 0.717) is 11.8 Å². The second kappa shape index (κ2) is 12.8. The van der Waals surface area contributed by atoms with Gasteiger partial charge in [-0.3, -0.25) is 4.79 Å². The van der Waals surface area contributed by atoms with Crippen LogP contribution < -0.4 is 5.73 Å². The van der Waals surface area contributed by atoms with Gasteiger partial charge in [0.25, 0.3) is 5.97 Å². The van der Waals surface area contributed by atoms with Gasteiger partial charge in [-0.2, -0.15) is 0 Å². The summed E-state index contributed by atoms with van der Waals surface area (Å²) in [5, 5.41) is 26.8.